The number of aryl methyl sites for hydroxylation is 3. The van der Waals surface area contributed by atoms with Crippen molar-refractivity contribution in [2.75, 3.05) is 4.72 Å². The Balaban J connectivity index is 2.44. The highest BCUT2D eigenvalue weighted by Crippen LogP contribution is 2.24. The number of hydrogen-bond donors (Lipinski definition) is 1. The second-order valence-corrected chi connectivity index (χ2v) is 6.57. The molecule has 20 heavy (non-hydrogen) atoms. The summed E-state index contributed by atoms with van der Waals surface area (Å²) in [5.74, 6) is 0. The third-order valence-corrected chi connectivity index (χ3v) is 4.62. The van der Waals surface area contributed by atoms with Crippen LogP contribution in [-0.4, -0.2) is 8.42 Å². The van der Waals surface area contributed by atoms with E-state index in [1.54, 1.807) is 18.2 Å². The molecule has 0 aromatic heterocycles. The van der Waals surface area contributed by atoms with Gasteiger partial charge >= 0.3 is 0 Å². The van der Waals surface area contributed by atoms with E-state index in [9.17, 15) is 8.42 Å². The molecule has 0 radical (unpaired) electrons. The first-order chi connectivity index (χ1) is 9.44. The zero-order valence-corrected chi connectivity index (χ0v) is 12.8. The zero-order valence-electron chi connectivity index (χ0n) is 12.0. The minimum Gasteiger partial charge on any atom is -0.279 e. The lowest BCUT2D eigenvalue weighted by Crippen LogP contribution is -2.15. The van der Waals surface area contributed by atoms with Gasteiger partial charge in [0.2, 0.25) is 0 Å². The van der Waals surface area contributed by atoms with E-state index in [0.29, 0.717) is 10.6 Å². The van der Waals surface area contributed by atoms with Gasteiger partial charge in [0.25, 0.3) is 10.0 Å². The summed E-state index contributed by atoms with van der Waals surface area (Å²) in [5, 5.41) is 0. The Labute approximate surface area is 120 Å². The molecule has 2 aromatic carbocycles. The van der Waals surface area contributed by atoms with Crippen LogP contribution in [0, 0.1) is 13.8 Å². The smallest absolute Gasteiger partial charge is 0.261 e. The van der Waals surface area contributed by atoms with Crippen molar-refractivity contribution in [3.05, 3.63) is 59.2 Å². The van der Waals surface area contributed by atoms with Crippen molar-refractivity contribution < 1.29 is 8.42 Å². The Kier molecular flexibility index (Phi) is 4.14. The quantitative estimate of drug-likeness (QED) is 0.933. The van der Waals surface area contributed by atoms with Crippen molar-refractivity contribution in [1.29, 1.82) is 0 Å². The van der Waals surface area contributed by atoms with E-state index in [1.807, 2.05) is 45.0 Å². The summed E-state index contributed by atoms with van der Waals surface area (Å²) in [6.07, 6.45) is 0.785. The molecular weight excluding hydrogens is 270 g/mol. The second kappa shape index (κ2) is 5.67. The highest BCUT2D eigenvalue weighted by atomic mass is 32.2. The molecule has 0 bridgehead atoms. The number of para-hydroxylation sites is 1. The van der Waals surface area contributed by atoms with E-state index in [2.05, 4.69) is 4.72 Å². The van der Waals surface area contributed by atoms with E-state index in [1.165, 1.54) is 0 Å². The van der Waals surface area contributed by atoms with Gasteiger partial charge in [-0.05, 0) is 49.1 Å². The Hall–Kier alpha value is -1.81. The number of sulfonamides is 1. The maximum atomic E-state index is 12.5. The molecule has 0 fully saturated rings. The average molecular weight is 289 g/mol. The maximum Gasteiger partial charge on any atom is 0.261 e. The van der Waals surface area contributed by atoms with Gasteiger partial charge in [0.05, 0.1) is 10.6 Å². The lowest BCUT2D eigenvalue weighted by Gasteiger charge is -2.14. The fraction of sp³-hybridized carbons (Fsp3) is 0.250. The van der Waals surface area contributed by atoms with E-state index < -0.39 is 10.0 Å². The van der Waals surface area contributed by atoms with Crippen LogP contribution in [0.15, 0.2) is 47.4 Å². The summed E-state index contributed by atoms with van der Waals surface area (Å²) in [4.78, 5) is 0.294. The topological polar surface area (TPSA) is 46.2 Å². The van der Waals surface area contributed by atoms with E-state index >= 15 is 0 Å². The highest BCUT2D eigenvalue weighted by Gasteiger charge is 2.16. The van der Waals surface area contributed by atoms with Crippen LogP contribution in [0.2, 0.25) is 0 Å². The van der Waals surface area contributed by atoms with E-state index in [0.717, 1.165) is 23.1 Å². The van der Waals surface area contributed by atoms with Gasteiger partial charge in [0, 0.05) is 0 Å². The standard InChI is InChI=1S/C16H19NO2S/c1-4-14-9-6-8-13(3)16(14)17-20(18,19)15-10-5-7-12(2)11-15/h5-11,17H,4H2,1-3H3. The number of anilines is 1. The van der Waals surface area contributed by atoms with Crippen LogP contribution >= 0.6 is 0 Å². The highest BCUT2D eigenvalue weighted by molar-refractivity contribution is 7.92. The Morgan fingerprint density at radius 3 is 2.40 bits per heavy atom. The number of nitrogens with one attached hydrogen (secondary N) is 1. The molecule has 0 saturated heterocycles. The molecule has 0 aliphatic carbocycles. The first-order valence-electron chi connectivity index (χ1n) is 6.62. The Bertz CT molecular complexity index is 721. The summed E-state index contributed by atoms with van der Waals surface area (Å²) in [6.45, 7) is 5.80. The number of benzene rings is 2. The van der Waals surface area contributed by atoms with Crippen LogP contribution in [0.3, 0.4) is 0 Å². The summed E-state index contributed by atoms with van der Waals surface area (Å²) in [6, 6.07) is 12.7. The zero-order chi connectivity index (χ0) is 14.8. The van der Waals surface area contributed by atoms with Crippen LogP contribution in [0.4, 0.5) is 5.69 Å². The van der Waals surface area contributed by atoms with Crippen molar-refractivity contribution in [3.63, 3.8) is 0 Å². The summed E-state index contributed by atoms with van der Waals surface area (Å²) >= 11 is 0. The van der Waals surface area contributed by atoms with Gasteiger partial charge in [0.15, 0.2) is 0 Å². The summed E-state index contributed by atoms with van der Waals surface area (Å²) in [7, 11) is -3.54. The SMILES string of the molecule is CCc1cccc(C)c1NS(=O)(=O)c1cccc(C)c1. The molecule has 2 aromatic rings. The van der Waals surface area contributed by atoms with Gasteiger partial charge in [-0.2, -0.15) is 0 Å². The van der Waals surface area contributed by atoms with Crippen molar-refractivity contribution in [3.8, 4) is 0 Å². The molecule has 3 nitrogen and oxygen atoms in total. The fourth-order valence-electron chi connectivity index (χ4n) is 2.14. The Morgan fingerprint density at radius 1 is 1.05 bits per heavy atom. The molecule has 0 spiro atoms. The van der Waals surface area contributed by atoms with Gasteiger partial charge in [-0.25, -0.2) is 8.42 Å². The van der Waals surface area contributed by atoms with Gasteiger partial charge < -0.3 is 0 Å². The molecule has 0 aliphatic rings. The number of rotatable bonds is 4. The molecule has 0 atom stereocenters. The Morgan fingerprint density at radius 2 is 1.75 bits per heavy atom. The fourth-order valence-corrected chi connectivity index (χ4v) is 3.42. The van der Waals surface area contributed by atoms with Gasteiger partial charge in [0.1, 0.15) is 0 Å². The van der Waals surface area contributed by atoms with E-state index in [4.69, 9.17) is 0 Å². The first-order valence-corrected chi connectivity index (χ1v) is 8.10. The lowest BCUT2D eigenvalue weighted by atomic mass is 10.1. The van der Waals surface area contributed by atoms with Crippen molar-refractivity contribution in [2.45, 2.75) is 32.1 Å². The molecule has 0 saturated carbocycles. The van der Waals surface area contributed by atoms with Crippen LogP contribution in [0.25, 0.3) is 0 Å². The van der Waals surface area contributed by atoms with Crippen LogP contribution in [0.5, 0.6) is 0 Å². The largest absolute Gasteiger partial charge is 0.279 e. The van der Waals surface area contributed by atoms with Crippen molar-refractivity contribution in [2.24, 2.45) is 0 Å². The third-order valence-electron chi connectivity index (χ3n) is 3.28. The van der Waals surface area contributed by atoms with Gasteiger partial charge in [-0.3, -0.25) is 4.72 Å². The molecule has 0 unspecified atom stereocenters. The molecule has 4 heteroatoms. The third kappa shape index (κ3) is 3.02. The second-order valence-electron chi connectivity index (χ2n) is 4.88. The molecular formula is C16H19NO2S. The van der Waals surface area contributed by atoms with E-state index in [-0.39, 0.29) is 0 Å². The van der Waals surface area contributed by atoms with Crippen LogP contribution in [0.1, 0.15) is 23.6 Å². The monoisotopic (exact) mass is 289 g/mol. The lowest BCUT2D eigenvalue weighted by molar-refractivity contribution is 0.601. The predicted molar refractivity (Wildman–Crippen MR) is 82.5 cm³/mol. The minimum absolute atomic E-state index is 0.294. The molecule has 0 aliphatic heterocycles. The van der Waals surface area contributed by atoms with Crippen molar-refractivity contribution in [1.82, 2.24) is 0 Å². The maximum absolute atomic E-state index is 12.5. The molecule has 1 N–H and O–H groups in total. The molecule has 106 valence electrons. The number of hydrogen-bond acceptors (Lipinski definition) is 2. The normalized spacial score (nSPS) is 11.3. The van der Waals surface area contributed by atoms with Crippen molar-refractivity contribution >= 4 is 15.7 Å². The van der Waals surface area contributed by atoms with Crippen LogP contribution in [-0.2, 0) is 16.4 Å². The minimum atomic E-state index is -3.54. The molecule has 2 rings (SSSR count). The van der Waals surface area contributed by atoms with Gasteiger partial charge in [-0.1, -0.05) is 37.3 Å². The molecule has 0 heterocycles. The summed E-state index contributed by atoms with van der Waals surface area (Å²) < 4.78 is 27.6. The van der Waals surface area contributed by atoms with Crippen LogP contribution < -0.4 is 4.72 Å². The molecule has 0 amide bonds. The van der Waals surface area contributed by atoms with Gasteiger partial charge in [-0.15, -0.1) is 0 Å². The first kappa shape index (κ1) is 14.6. The average Bonchev–Trinajstić information content (AvgIpc) is 2.41. The predicted octanol–water partition coefficient (Wildman–Crippen LogP) is 3.67. The summed E-state index contributed by atoms with van der Waals surface area (Å²) in [5.41, 5.74) is 3.55.